The minimum absolute atomic E-state index is 0.182. The summed E-state index contributed by atoms with van der Waals surface area (Å²) in [5.41, 5.74) is 0.524. The van der Waals surface area contributed by atoms with Crippen molar-refractivity contribution in [2.75, 3.05) is 32.7 Å². The first-order valence-corrected chi connectivity index (χ1v) is 6.84. The van der Waals surface area contributed by atoms with Crippen molar-refractivity contribution in [3.05, 3.63) is 35.6 Å². The Morgan fingerprint density at radius 1 is 1.05 bits per heavy atom. The number of hydrogen-bond acceptors (Lipinski definition) is 3. The van der Waals surface area contributed by atoms with Gasteiger partial charge in [-0.1, -0.05) is 12.1 Å². The molecule has 106 valence electrons. The third kappa shape index (κ3) is 4.90. The van der Waals surface area contributed by atoms with Crippen molar-refractivity contribution in [2.24, 2.45) is 0 Å². The molecule has 0 radical (unpaired) electrons. The Morgan fingerprint density at radius 3 is 2.11 bits per heavy atom. The van der Waals surface area contributed by atoms with Gasteiger partial charge < -0.3 is 5.11 Å². The number of rotatable bonds is 4. The van der Waals surface area contributed by atoms with Gasteiger partial charge in [-0.25, -0.2) is 4.39 Å². The van der Waals surface area contributed by atoms with Crippen molar-refractivity contribution in [1.82, 2.24) is 9.80 Å². The van der Waals surface area contributed by atoms with Gasteiger partial charge in [-0.05, 0) is 31.5 Å². The predicted molar refractivity (Wildman–Crippen MR) is 74.4 cm³/mol. The number of nitrogens with zero attached hydrogens (tertiary/aromatic N) is 2. The Bertz CT molecular complexity index is 392. The quantitative estimate of drug-likeness (QED) is 0.899. The first kappa shape index (κ1) is 14.4. The molecular weight excluding hydrogens is 243 g/mol. The lowest BCUT2D eigenvalue weighted by molar-refractivity contribution is 0.0167. The van der Waals surface area contributed by atoms with Crippen LogP contribution in [0.2, 0.25) is 0 Å². The number of aliphatic hydroxyl groups is 1. The number of benzene rings is 1. The van der Waals surface area contributed by atoms with Gasteiger partial charge in [0.1, 0.15) is 5.82 Å². The molecule has 1 aromatic rings. The molecule has 1 N–H and O–H groups in total. The maximum Gasteiger partial charge on any atom is 0.123 e. The molecule has 1 heterocycles. The van der Waals surface area contributed by atoms with Crippen molar-refractivity contribution in [3.63, 3.8) is 0 Å². The second-order valence-corrected chi connectivity index (χ2v) is 5.99. The molecule has 0 saturated carbocycles. The average Bonchev–Trinajstić information content (AvgIpc) is 2.33. The summed E-state index contributed by atoms with van der Waals surface area (Å²) in [5, 5.41) is 9.81. The van der Waals surface area contributed by atoms with E-state index in [1.807, 2.05) is 26.0 Å². The van der Waals surface area contributed by atoms with Gasteiger partial charge in [0, 0.05) is 39.3 Å². The summed E-state index contributed by atoms with van der Waals surface area (Å²) >= 11 is 0. The normalized spacial score (nSPS) is 18.7. The second-order valence-electron chi connectivity index (χ2n) is 5.99. The number of hydrogen-bond donors (Lipinski definition) is 1. The van der Waals surface area contributed by atoms with Crippen LogP contribution in [0.3, 0.4) is 0 Å². The minimum Gasteiger partial charge on any atom is -0.389 e. The molecular formula is C15H23FN2O. The smallest absolute Gasteiger partial charge is 0.123 e. The molecule has 1 aliphatic rings. The standard InChI is InChI=1S/C15H23FN2O/c1-15(2,19)12-18-9-7-17(8-10-18)11-13-3-5-14(16)6-4-13/h3-6,19H,7-12H2,1-2H3. The van der Waals surface area contributed by atoms with E-state index < -0.39 is 5.60 Å². The van der Waals surface area contributed by atoms with Crippen LogP contribution < -0.4 is 0 Å². The monoisotopic (exact) mass is 266 g/mol. The van der Waals surface area contributed by atoms with E-state index in [1.54, 1.807) is 0 Å². The fourth-order valence-corrected chi connectivity index (χ4v) is 2.50. The van der Waals surface area contributed by atoms with Gasteiger partial charge >= 0.3 is 0 Å². The van der Waals surface area contributed by atoms with Crippen molar-refractivity contribution >= 4 is 0 Å². The fraction of sp³-hybridized carbons (Fsp3) is 0.600. The Balaban J connectivity index is 1.79. The van der Waals surface area contributed by atoms with Crippen LogP contribution in [0.1, 0.15) is 19.4 Å². The van der Waals surface area contributed by atoms with Gasteiger partial charge in [-0.3, -0.25) is 9.80 Å². The van der Waals surface area contributed by atoms with Crippen LogP contribution in [0, 0.1) is 5.82 Å². The van der Waals surface area contributed by atoms with Gasteiger partial charge in [0.2, 0.25) is 0 Å². The molecule has 1 saturated heterocycles. The fourth-order valence-electron chi connectivity index (χ4n) is 2.50. The molecule has 0 aromatic heterocycles. The summed E-state index contributed by atoms with van der Waals surface area (Å²) in [6, 6.07) is 6.72. The molecule has 0 spiro atoms. The molecule has 1 aromatic carbocycles. The SMILES string of the molecule is CC(C)(O)CN1CCN(Cc2ccc(F)cc2)CC1. The highest BCUT2D eigenvalue weighted by Crippen LogP contribution is 2.12. The van der Waals surface area contributed by atoms with Crippen LogP contribution >= 0.6 is 0 Å². The van der Waals surface area contributed by atoms with Crippen LogP contribution in [0.5, 0.6) is 0 Å². The molecule has 2 rings (SSSR count). The maximum absolute atomic E-state index is 12.8. The Labute approximate surface area is 114 Å². The van der Waals surface area contributed by atoms with Gasteiger partial charge in [0.15, 0.2) is 0 Å². The van der Waals surface area contributed by atoms with E-state index in [0.717, 1.165) is 44.8 Å². The summed E-state index contributed by atoms with van der Waals surface area (Å²) in [6.45, 7) is 9.22. The van der Waals surface area contributed by atoms with E-state index in [9.17, 15) is 9.50 Å². The van der Waals surface area contributed by atoms with Gasteiger partial charge in [0.25, 0.3) is 0 Å². The zero-order chi connectivity index (χ0) is 13.9. The summed E-state index contributed by atoms with van der Waals surface area (Å²) in [5.74, 6) is -0.182. The highest BCUT2D eigenvalue weighted by atomic mass is 19.1. The molecule has 0 atom stereocenters. The molecule has 1 aliphatic heterocycles. The van der Waals surface area contributed by atoms with Crippen molar-refractivity contribution < 1.29 is 9.50 Å². The molecule has 0 unspecified atom stereocenters. The second kappa shape index (κ2) is 5.99. The highest BCUT2D eigenvalue weighted by molar-refractivity contribution is 5.15. The van der Waals surface area contributed by atoms with E-state index in [1.165, 1.54) is 12.1 Å². The first-order chi connectivity index (χ1) is 8.92. The summed E-state index contributed by atoms with van der Waals surface area (Å²) in [7, 11) is 0. The lowest BCUT2D eigenvalue weighted by Gasteiger charge is -2.37. The van der Waals surface area contributed by atoms with Crippen LogP contribution in [-0.4, -0.2) is 53.2 Å². The lowest BCUT2D eigenvalue weighted by atomic mass is 10.1. The summed E-state index contributed by atoms with van der Waals surface area (Å²) < 4.78 is 12.8. The van der Waals surface area contributed by atoms with Crippen LogP contribution in [0.4, 0.5) is 4.39 Å². The molecule has 4 heteroatoms. The minimum atomic E-state index is -0.626. The number of piperazine rings is 1. The third-order valence-electron chi connectivity index (χ3n) is 3.39. The molecule has 19 heavy (non-hydrogen) atoms. The zero-order valence-corrected chi connectivity index (χ0v) is 11.8. The summed E-state index contributed by atoms with van der Waals surface area (Å²) in [6.07, 6.45) is 0. The largest absolute Gasteiger partial charge is 0.389 e. The van der Waals surface area contributed by atoms with Crippen LogP contribution in [0.15, 0.2) is 24.3 Å². The molecule has 0 bridgehead atoms. The lowest BCUT2D eigenvalue weighted by Crippen LogP contribution is -2.50. The van der Waals surface area contributed by atoms with Crippen molar-refractivity contribution in [2.45, 2.75) is 26.0 Å². The number of β-amino-alcohol motifs (C(OH)–C–C–N with tert-alkyl or cyclic N) is 1. The maximum atomic E-state index is 12.8. The van der Waals surface area contributed by atoms with E-state index in [0.29, 0.717) is 0 Å². The molecule has 1 fully saturated rings. The van der Waals surface area contributed by atoms with E-state index >= 15 is 0 Å². The molecule has 0 aliphatic carbocycles. The Morgan fingerprint density at radius 2 is 1.58 bits per heavy atom. The van der Waals surface area contributed by atoms with Gasteiger partial charge in [-0.15, -0.1) is 0 Å². The highest BCUT2D eigenvalue weighted by Gasteiger charge is 2.22. The number of halogens is 1. The van der Waals surface area contributed by atoms with Crippen molar-refractivity contribution in [1.29, 1.82) is 0 Å². The molecule has 3 nitrogen and oxygen atoms in total. The van der Waals surface area contributed by atoms with E-state index in [-0.39, 0.29) is 5.82 Å². The van der Waals surface area contributed by atoms with E-state index in [2.05, 4.69) is 9.80 Å². The van der Waals surface area contributed by atoms with E-state index in [4.69, 9.17) is 0 Å². The average molecular weight is 266 g/mol. The predicted octanol–water partition coefficient (Wildman–Crippen LogP) is 1.71. The topological polar surface area (TPSA) is 26.7 Å². The van der Waals surface area contributed by atoms with Crippen LogP contribution in [-0.2, 0) is 6.54 Å². The zero-order valence-electron chi connectivity index (χ0n) is 11.8. The summed E-state index contributed by atoms with van der Waals surface area (Å²) in [4.78, 5) is 4.66. The Hall–Kier alpha value is -0.970. The molecule has 0 amide bonds. The Kier molecular flexibility index (Phi) is 4.55. The third-order valence-corrected chi connectivity index (χ3v) is 3.39. The van der Waals surface area contributed by atoms with Crippen LogP contribution in [0.25, 0.3) is 0 Å². The van der Waals surface area contributed by atoms with Crippen molar-refractivity contribution in [3.8, 4) is 0 Å². The van der Waals surface area contributed by atoms with Gasteiger partial charge in [0.05, 0.1) is 5.60 Å². The first-order valence-electron chi connectivity index (χ1n) is 6.84. The van der Waals surface area contributed by atoms with Gasteiger partial charge in [-0.2, -0.15) is 0 Å².